The molecule has 0 aromatic carbocycles. The highest BCUT2D eigenvalue weighted by molar-refractivity contribution is 5.90. The molecule has 1 heterocycles. The summed E-state index contributed by atoms with van der Waals surface area (Å²) in [6, 6.07) is -1.71. The summed E-state index contributed by atoms with van der Waals surface area (Å²) in [5.41, 5.74) is 4.60. The molecule has 1 fully saturated rings. The average Bonchev–Trinajstić information content (AvgIpc) is 2.73. The second-order valence-corrected chi connectivity index (χ2v) is 6.89. The average molecular weight is 342 g/mol. The summed E-state index contributed by atoms with van der Waals surface area (Å²) in [5.74, 6) is -0.277. The molecule has 24 heavy (non-hydrogen) atoms. The van der Waals surface area contributed by atoms with E-state index in [0.717, 1.165) is 0 Å². The highest BCUT2D eigenvalue weighted by atomic mass is 16.5. The van der Waals surface area contributed by atoms with Crippen LogP contribution in [-0.4, -0.2) is 65.7 Å². The molecule has 0 radical (unpaired) electrons. The zero-order chi connectivity index (χ0) is 18.7. The van der Waals surface area contributed by atoms with Gasteiger partial charge in [-0.2, -0.15) is 0 Å². The number of carbonyl (C=O) groups excluding carboxylic acids is 2. The van der Waals surface area contributed by atoms with Crippen LogP contribution in [0.25, 0.3) is 0 Å². The van der Waals surface area contributed by atoms with Crippen LogP contribution < -0.4 is 16.4 Å². The van der Waals surface area contributed by atoms with Crippen molar-refractivity contribution in [3.05, 3.63) is 12.0 Å². The Bertz CT molecular complexity index is 502. The van der Waals surface area contributed by atoms with Gasteiger partial charge in [-0.1, -0.05) is 0 Å². The molecule has 1 aliphatic heterocycles. The van der Waals surface area contributed by atoms with Crippen LogP contribution in [0.2, 0.25) is 0 Å². The van der Waals surface area contributed by atoms with Gasteiger partial charge in [0, 0.05) is 18.7 Å². The number of amides is 2. The van der Waals surface area contributed by atoms with Crippen molar-refractivity contribution >= 4 is 11.8 Å². The second-order valence-electron chi connectivity index (χ2n) is 6.89. The number of carbonyl (C=O) groups is 2. The van der Waals surface area contributed by atoms with Crippen molar-refractivity contribution in [2.45, 2.75) is 63.9 Å². The van der Waals surface area contributed by atoms with E-state index < -0.39 is 23.6 Å². The zero-order valence-corrected chi connectivity index (χ0v) is 15.3. The van der Waals surface area contributed by atoms with Crippen molar-refractivity contribution < 1.29 is 19.4 Å². The Morgan fingerprint density at radius 3 is 2.42 bits per heavy atom. The van der Waals surface area contributed by atoms with E-state index in [9.17, 15) is 14.7 Å². The monoisotopic (exact) mass is 342 g/mol. The molecule has 8 heteroatoms. The molecule has 4 unspecified atom stereocenters. The van der Waals surface area contributed by atoms with Crippen LogP contribution in [0.5, 0.6) is 0 Å². The standard InChI is InChI=1S/C16H30N4O4/c1-9(17)14(21)19-13(10(2)20(5)6)15(22)18-8-12-7-16(4,23)11(3)24-12/h8-11,13,23H,7,17H2,1-6H3,(H,18,22)(H,19,21)/b12-8-/t9?,10?,11-,13?,16?/m0/s1. The molecule has 1 saturated heterocycles. The highest BCUT2D eigenvalue weighted by Crippen LogP contribution is 2.31. The minimum absolute atomic E-state index is 0.238. The summed E-state index contributed by atoms with van der Waals surface area (Å²) >= 11 is 0. The molecular weight excluding hydrogens is 312 g/mol. The first-order valence-electron chi connectivity index (χ1n) is 8.06. The molecule has 0 spiro atoms. The highest BCUT2D eigenvalue weighted by Gasteiger charge is 2.38. The first-order chi connectivity index (χ1) is 11.0. The van der Waals surface area contributed by atoms with Crippen molar-refractivity contribution in [2.75, 3.05) is 14.1 Å². The molecule has 0 aliphatic carbocycles. The predicted octanol–water partition coefficient (Wildman–Crippen LogP) is -0.714. The van der Waals surface area contributed by atoms with Gasteiger partial charge in [-0.05, 0) is 41.8 Å². The van der Waals surface area contributed by atoms with Crippen LogP contribution in [0.4, 0.5) is 0 Å². The maximum atomic E-state index is 12.5. The first-order valence-corrected chi connectivity index (χ1v) is 8.06. The lowest BCUT2D eigenvalue weighted by Gasteiger charge is -2.29. The molecule has 1 aliphatic rings. The summed E-state index contributed by atoms with van der Waals surface area (Å²) < 4.78 is 5.51. The third kappa shape index (κ3) is 5.19. The second kappa shape index (κ2) is 7.96. The van der Waals surface area contributed by atoms with Crippen LogP contribution in [0.1, 0.15) is 34.1 Å². The van der Waals surface area contributed by atoms with Gasteiger partial charge in [-0.15, -0.1) is 0 Å². The van der Waals surface area contributed by atoms with Crippen molar-refractivity contribution in [1.82, 2.24) is 15.5 Å². The Hall–Kier alpha value is -1.64. The number of aliphatic hydroxyl groups is 1. The zero-order valence-electron chi connectivity index (χ0n) is 15.3. The molecule has 2 amide bonds. The number of nitrogens with zero attached hydrogens (tertiary/aromatic N) is 1. The fourth-order valence-corrected chi connectivity index (χ4v) is 2.21. The fourth-order valence-electron chi connectivity index (χ4n) is 2.21. The van der Waals surface area contributed by atoms with Gasteiger partial charge in [0.15, 0.2) is 0 Å². The number of nitrogens with two attached hydrogens (primary N) is 1. The van der Waals surface area contributed by atoms with Crippen LogP contribution >= 0.6 is 0 Å². The van der Waals surface area contributed by atoms with Crippen molar-refractivity contribution in [1.29, 1.82) is 0 Å². The number of likely N-dealkylation sites (N-methyl/N-ethyl adjacent to an activating group) is 1. The lowest BCUT2D eigenvalue weighted by Crippen LogP contribution is -2.57. The van der Waals surface area contributed by atoms with Gasteiger partial charge in [0.25, 0.3) is 0 Å². The van der Waals surface area contributed by atoms with E-state index >= 15 is 0 Å². The topological polar surface area (TPSA) is 117 Å². The van der Waals surface area contributed by atoms with Crippen molar-refractivity contribution in [3.63, 3.8) is 0 Å². The van der Waals surface area contributed by atoms with Crippen LogP contribution in [0.15, 0.2) is 12.0 Å². The Morgan fingerprint density at radius 2 is 2.00 bits per heavy atom. The van der Waals surface area contributed by atoms with Gasteiger partial charge >= 0.3 is 0 Å². The molecular formula is C16H30N4O4. The Morgan fingerprint density at radius 1 is 1.42 bits per heavy atom. The third-order valence-electron chi connectivity index (χ3n) is 4.40. The minimum atomic E-state index is -0.962. The van der Waals surface area contributed by atoms with Gasteiger partial charge < -0.3 is 31.1 Å². The van der Waals surface area contributed by atoms with Crippen LogP contribution in [-0.2, 0) is 14.3 Å². The van der Waals surface area contributed by atoms with E-state index in [0.29, 0.717) is 12.2 Å². The van der Waals surface area contributed by atoms with Crippen molar-refractivity contribution in [3.8, 4) is 0 Å². The molecule has 5 atom stereocenters. The Kier molecular flexibility index (Phi) is 6.76. The number of rotatable bonds is 6. The molecule has 0 aromatic rings. The Labute approximate surface area is 143 Å². The number of ether oxygens (including phenoxy) is 1. The fraction of sp³-hybridized carbons (Fsp3) is 0.750. The van der Waals surface area contributed by atoms with Gasteiger partial charge in [0.2, 0.25) is 11.8 Å². The lowest BCUT2D eigenvalue weighted by atomic mass is 9.99. The maximum absolute atomic E-state index is 12.5. The lowest BCUT2D eigenvalue weighted by molar-refractivity contribution is -0.130. The number of nitrogens with one attached hydrogen (secondary N) is 2. The van der Waals surface area contributed by atoms with Gasteiger partial charge in [0.05, 0.1) is 6.04 Å². The SMILES string of the molecule is CC(N)C(=O)NC(C(=O)N/C=C1/CC(C)(O)[C@H](C)O1)C(C)N(C)C. The predicted molar refractivity (Wildman–Crippen MR) is 90.7 cm³/mol. The summed E-state index contributed by atoms with van der Waals surface area (Å²) in [4.78, 5) is 26.2. The Balaban J connectivity index is 2.80. The largest absolute Gasteiger partial charge is 0.490 e. The van der Waals surface area contributed by atoms with Crippen LogP contribution in [0.3, 0.4) is 0 Å². The molecule has 0 saturated carbocycles. The van der Waals surface area contributed by atoms with Gasteiger partial charge in [0.1, 0.15) is 23.5 Å². The summed E-state index contributed by atoms with van der Waals surface area (Å²) in [6.07, 6.45) is 1.40. The molecule has 138 valence electrons. The molecule has 0 bridgehead atoms. The number of hydrogen-bond acceptors (Lipinski definition) is 6. The summed E-state index contributed by atoms with van der Waals surface area (Å²) in [6.45, 7) is 6.84. The van der Waals surface area contributed by atoms with E-state index in [-0.39, 0.29) is 18.1 Å². The van der Waals surface area contributed by atoms with E-state index in [1.807, 2.05) is 25.9 Å². The molecule has 5 N–H and O–H groups in total. The first kappa shape index (κ1) is 20.4. The van der Waals surface area contributed by atoms with E-state index in [2.05, 4.69) is 10.6 Å². The van der Waals surface area contributed by atoms with E-state index in [4.69, 9.17) is 10.5 Å². The van der Waals surface area contributed by atoms with Crippen LogP contribution in [0, 0.1) is 0 Å². The molecule has 0 aromatic heterocycles. The summed E-state index contributed by atoms with van der Waals surface area (Å²) in [5, 5.41) is 15.4. The third-order valence-corrected chi connectivity index (χ3v) is 4.40. The normalized spacial score (nSPS) is 29.0. The van der Waals surface area contributed by atoms with Crippen molar-refractivity contribution in [2.24, 2.45) is 5.73 Å². The molecule has 1 rings (SSSR count). The van der Waals surface area contributed by atoms with Gasteiger partial charge in [-0.25, -0.2) is 0 Å². The van der Waals surface area contributed by atoms with Gasteiger partial charge in [-0.3, -0.25) is 9.59 Å². The smallest absolute Gasteiger partial charge is 0.248 e. The minimum Gasteiger partial charge on any atom is -0.490 e. The quantitative estimate of drug-likeness (QED) is 0.506. The number of hydrogen-bond donors (Lipinski definition) is 4. The summed E-state index contributed by atoms with van der Waals surface area (Å²) in [7, 11) is 3.64. The van der Waals surface area contributed by atoms with E-state index in [1.54, 1.807) is 20.8 Å². The molecule has 8 nitrogen and oxygen atoms in total. The maximum Gasteiger partial charge on any atom is 0.248 e. The van der Waals surface area contributed by atoms with E-state index in [1.165, 1.54) is 6.20 Å².